The van der Waals surface area contributed by atoms with Crippen molar-refractivity contribution in [1.82, 2.24) is 19.9 Å². The van der Waals surface area contributed by atoms with Crippen molar-refractivity contribution in [2.75, 3.05) is 18.6 Å². The fourth-order valence-corrected chi connectivity index (χ4v) is 5.62. The Morgan fingerprint density at radius 1 is 1.21 bits per heavy atom. The van der Waals surface area contributed by atoms with E-state index in [0.29, 0.717) is 24.7 Å². The van der Waals surface area contributed by atoms with Gasteiger partial charge in [0.25, 0.3) is 5.89 Å². The second-order valence-electron chi connectivity index (χ2n) is 7.84. The molecule has 1 saturated heterocycles. The van der Waals surface area contributed by atoms with Gasteiger partial charge < -0.3 is 9.42 Å². The second kappa shape index (κ2) is 7.72. The number of hydrogen-bond acceptors (Lipinski definition) is 6. The van der Waals surface area contributed by atoms with Gasteiger partial charge in [0.05, 0.1) is 35.9 Å². The summed E-state index contributed by atoms with van der Waals surface area (Å²) in [5.74, 6) is 1.61. The number of nitrogens with one attached hydrogen (secondary N) is 1. The summed E-state index contributed by atoms with van der Waals surface area (Å²) >= 11 is 0. The van der Waals surface area contributed by atoms with Gasteiger partial charge in [0.15, 0.2) is 16.4 Å². The van der Waals surface area contributed by atoms with Gasteiger partial charge in [0.1, 0.15) is 6.54 Å². The van der Waals surface area contributed by atoms with Crippen LogP contribution in [0.15, 0.2) is 34.9 Å². The van der Waals surface area contributed by atoms with Crippen LogP contribution in [0.4, 0.5) is 0 Å². The van der Waals surface area contributed by atoms with E-state index in [4.69, 9.17) is 4.52 Å². The molecule has 9 heteroatoms. The number of benzene rings is 1. The highest BCUT2D eigenvalue weighted by molar-refractivity contribution is 7.91. The average Bonchev–Trinajstić information content (AvgIpc) is 3.36. The molecule has 0 bridgehead atoms. The molecule has 4 rings (SSSR count). The van der Waals surface area contributed by atoms with Crippen molar-refractivity contribution in [3.05, 3.63) is 53.2 Å². The minimum Gasteiger partial charge on any atom is -0.333 e. The minimum atomic E-state index is -2.94. The molecule has 1 N–H and O–H groups in total. The Hall–Kier alpha value is -2.52. The molecule has 1 aromatic carbocycles. The van der Waals surface area contributed by atoms with Crippen LogP contribution in [0.3, 0.4) is 0 Å². The van der Waals surface area contributed by atoms with Gasteiger partial charge in [-0.25, -0.2) is 8.42 Å². The molecule has 154 valence electrons. The molecule has 1 fully saturated rings. The number of aryl methyl sites for hydroxylation is 1. The standard InChI is InChI=1S/C20H25N5O3S/c1-14-18(15(2)25(22-14)17-9-10-29(26,27)13-17)11-24(3)12-19-21-20(23-28-19)16-7-5-4-6-8-16/h4-8,17H,9-13H2,1-3H3/p+1/t17-/m1/s1. The lowest BCUT2D eigenvalue weighted by Gasteiger charge is -2.14. The van der Waals surface area contributed by atoms with Crippen LogP contribution in [-0.2, 0) is 22.9 Å². The van der Waals surface area contributed by atoms with Crippen LogP contribution in [0.1, 0.15) is 35.3 Å². The Labute approximate surface area is 170 Å². The van der Waals surface area contributed by atoms with Gasteiger partial charge in [-0.2, -0.15) is 10.1 Å². The zero-order valence-electron chi connectivity index (χ0n) is 16.9. The lowest BCUT2D eigenvalue weighted by atomic mass is 10.1. The van der Waals surface area contributed by atoms with Gasteiger partial charge in [-0.1, -0.05) is 35.5 Å². The van der Waals surface area contributed by atoms with Crippen molar-refractivity contribution in [2.45, 2.75) is 39.4 Å². The fourth-order valence-electron chi connectivity index (χ4n) is 3.93. The van der Waals surface area contributed by atoms with E-state index >= 15 is 0 Å². The number of hydrogen-bond donors (Lipinski definition) is 1. The predicted molar refractivity (Wildman–Crippen MR) is 108 cm³/mol. The van der Waals surface area contributed by atoms with Gasteiger partial charge in [-0.05, 0) is 20.3 Å². The Bertz CT molecular complexity index is 1100. The molecule has 0 aliphatic carbocycles. The molecular formula is C20H26N5O3S+. The lowest BCUT2D eigenvalue weighted by Crippen LogP contribution is -3.06. The van der Waals surface area contributed by atoms with E-state index in [0.717, 1.165) is 29.1 Å². The molecule has 0 spiro atoms. The van der Waals surface area contributed by atoms with E-state index < -0.39 is 9.84 Å². The highest BCUT2D eigenvalue weighted by Crippen LogP contribution is 2.26. The minimum absolute atomic E-state index is 0.0582. The topological polar surface area (TPSA) is 95.3 Å². The quantitative estimate of drug-likeness (QED) is 0.647. The number of aromatic nitrogens is 4. The second-order valence-corrected chi connectivity index (χ2v) is 10.1. The summed E-state index contributed by atoms with van der Waals surface area (Å²) < 4.78 is 31.0. The van der Waals surface area contributed by atoms with Crippen molar-refractivity contribution in [1.29, 1.82) is 0 Å². The average molecular weight is 417 g/mol. The Morgan fingerprint density at radius 3 is 2.66 bits per heavy atom. The van der Waals surface area contributed by atoms with Crippen molar-refractivity contribution in [3.63, 3.8) is 0 Å². The van der Waals surface area contributed by atoms with E-state index in [1.54, 1.807) is 0 Å². The van der Waals surface area contributed by atoms with Crippen LogP contribution in [-0.4, -0.2) is 46.9 Å². The third-order valence-corrected chi connectivity index (χ3v) is 7.21. The monoisotopic (exact) mass is 416 g/mol. The smallest absolute Gasteiger partial charge is 0.282 e. The summed E-state index contributed by atoms with van der Waals surface area (Å²) in [6.45, 7) is 5.35. The summed E-state index contributed by atoms with van der Waals surface area (Å²) in [6, 6.07) is 9.69. The SMILES string of the molecule is Cc1nn([C@@H]2CCS(=O)(=O)C2)c(C)c1C[NH+](C)Cc1nc(-c2ccccc2)no1. The molecule has 3 heterocycles. The van der Waals surface area contributed by atoms with Crippen LogP contribution in [0, 0.1) is 13.8 Å². The van der Waals surface area contributed by atoms with Crippen molar-refractivity contribution in [2.24, 2.45) is 0 Å². The highest BCUT2D eigenvalue weighted by Gasteiger charge is 2.32. The fraction of sp³-hybridized carbons (Fsp3) is 0.450. The van der Waals surface area contributed by atoms with E-state index in [-0.39, 0.29) is 17.5 Å². The lowest BCUT2D eigenvalue weighted by molar-refractivity contribution is -0.909. The zero-order chi connectivity index (χ0) is 20.6. The van der Waals surface area contributed by atoms with Crippen molar-refractivity contribution < 1.29 is 17.8 Å². The van der Waals surface area contributed by atoms with Crippen LogP contribution in [0.2, 0.25) is 0 Å². The van der Waals surface area contributed by atoms with Crippen LogP contribution >= 0.6 is 0 Å². The van der Waals surface area contributed by atoms with Crippen molar-refractivity contribution in [3.8, 4) is 11.4 Å². The summed E-state index contributed by atoms with van der Waals surface area (Å²) in [5, 5.41) is 8.73. The first-order valence-corrected chi connectivity index (χ1v) is 11.6. The summed E-state index contributed by atoms with van der Waals surface area (Å²) in [5.41, 5.74) is 4.07. The van der Waals surface area contributed by atoms with Gasteiger partial charge in [0, 0.05) is 11.3 Å². The third kappa shape index (κ3) is 4.25. The summed E-state index contributed by atoms with van der Waals surface area (Å²) in [7, 11) is -0.870. The van der Waals surface area contributed by atoms with E-state index in [1.165, 1.54) is 4.90 Å². The van der Waals surface area contributed by atoms with Gasteiger partial charge in [-0.3, -0.25) is 4.68 Å². The van der Waals surface area contributed by atoms with Crippen LogP contribution in [0.5, 0.6) is 0 Å². The first-order chi connectivity index (χ1) is 13.8. The third-order valence-electron chi connectivity index (χ3n) is 5.46. The molecule has 1 unspecified atom stereocenters. The molecule has 8 nitrogen and oxygen atoms in total. The van der Waals surface area contributed by atoms with Crippen LogP contribution < -0.4 is 4.90 Å². The van der Waals surface area contributed by atoms with Crippen LogP contribution in [0.25, 0.3) is 11.4 Å². The molecule has 0 radical (unpaired) electrons. The maximum absolute atomic E-state index is 11.8. The normalized spacial score (nSPS) is 19.5. The molecular weight excluding hydrogens is 390 g/mol. The summed E-state index contributed by atoms with van der Waals surface area (Å²) in [4.78, 5) is 5.70. The zero-order valence-corrected chi connectivity index (χ0v) is 17.7. The molecule has 2 aromatic heterocycles. The molecule has 1 aliphatic rings. The van der Waals surface area contributed by atoms with Gasteiger partial charge in [0.2, 0.25) is 5.82 Å². The van der Waals surface area contributed by atoms with E-state index in [2.05, 4.69) is 22.3 Å². The largest absolute Gasteiger partial charge is 0.333 e. The van der Waals surface area contributed by atoms with Crippen molar-refractivity contribution >= 4 is 9.84 Å². The Balaban J connectivity index is 1.45. The van der Waals surface area contributed by atoms with Gasteiger partial charge in [-0.15, -0.1) is 0 Å². The maximum atomic E-state index is 11.8. The number of nitrogens with zero attached hydrogens (tertiary/aromatic N) is 4. The maximum Gasteiger partial charge on any atom is 0.282 e. The molecule has 0 amide bonds. The summed E-state index contributed by atoms with van der Waals surface area (Å²) in [6.07, 6.45) is 0.636. The molecule has 0 saturated carbocycles. The van der Waals surface area contributed by atoms with E-state index in [1.807, 2.05) is 48.9 Å². The van der Waals surface area contributed by atoms with Gasteiger partial charge >= 0.3 is 0 Å². The first-order valence-electron chi connectivity index (χ1n) is 9.77. The number of sulfone groups is 1. The molecule has 3 aromatic rings. The number of rotatable bonds is 6. The first kappa shape index (κ1) is 19.8. The van der Waals surface area contributed by atoms with E-state index in [9.17, 15) is 8.42 Å². The molecule has 1 aliphatic heterocycles. The Kier molecular flexibility index (Phi) is 5.26. The highest BCUT2D eigenvalue weighted by atomic mass is 32.2. The number of quaternary nitrogens is 1. The predicted octanol–water partition coefficient (Wildman–Crippen LogP) is 1.12. The Morgan fingerprint density at radius 2 is 1.97 bits per heavy atom. The molecule has 29 heavy (non-hydrogen) atoms. The molecule has 2 atom stereocenters.